The maximum absolute atomic E-state index is 5.17. The SMILES string of the molecule is [CH]1[CH][CH][C](C2CC(=NC3CCCCC3)c3ccccc3N2)[CH]1. The number of nitrogens with zero attached hydrogens (tertiary/aromatic N) is 1. The molecule has 0 aromatic heterocycles. The van der Waals surface area contributed by atoms with Gasteiger partial charge in [0.15, 0.2) is 0 Å². The van der Waals surface area contributed by atoms with Crippen molar-refractivity contribution in [2.75, 3.05) is 5.32 Å². The smallest absolute Gasteiger partial charge is 0.0503 e. The van der Waals surface area contributed by atoms with Crippen molar-refractivity contribution in [2.24, 2.45) is 4.99 Å². The topological polar surface area (TPSA) is 24.4 Å². The summed E-state index contributed by atoms with van der Waals surface area (Å²) in [7, 11) is 0. The summed E-state index contributed by atoms with van der Waals surface area (Å²) in [6, 6.07) is 9.52. The van der Waals surface area contributed by atoms with Gasteiger partial charge in [-0.3, -0.25) is 4.99 Å². The van der Waals surface area contributed by atoms with Crippen LogP contribution in [0.25, 0.3) is 0 Å². The van der Waals surface area contributed by atoms with Crippen molar-refractivity contribution in [3.8, 4) is 0 Å². The van der Waals surface area contributed by atoms with Gasteiger partial charge in [0.05, 0.1) is 6.04 Å². The number of rotatable bonds is 2. The first-order chi connectivity index (χ1) is 10.9. The Morgan fingerprint density at radius 1 is 0.955 bits per heavy atom. The number of benzene rings is 1. The second-order valence-electron chi connectivity index (χ2n) is 6.53. The van der Waals surface area contributed by atoms with E-state index in [9.17, 15) is 0 Å². The van der Waals surface area contributed by atoms with Crippen LogP contribution in [0.15, 0.2) is 29.3 Å². The molecule has 5 radical (unpaired) electrons. The van der Waals surface area contributed by atoms with E-state index in [1.165, 1.54) is 55.0 Å². The maximum atomic E-state index is 5.17. The summed E-state index contributed by atoms with van der Waals surface area (Å²) < 4.78 is 0. The number of anilines is 1. The molecule has 22 heavy (non-hydrogen) atoms. The molecule has 0 saturated heterocycles. The van der Waals surface area contributed by atoms with Crippen molar-refractivity contribution in [2.45, 2.75) is 50.6 Å². The number of aliphatic imine (C=N–C) groups is 1. The lowest BCUT2D eigenvalue weighted by Gasteiger charge is -2.32. The van der Waals surface area contributed by atoms with Crippen LogP contribution >= 0.6 is 0 Å². The number of hydrogen-bond donors (Lipinski definition) is 1. The van der Waals surface area contributed by atoms with Gasteiger partial charge >= 0.3 is 0 Å². The Kier molecular flexibility index (Phi) is 4.18. The van der Waals surface area contributed by atoms with Crippen LogP contribution in [0.1, 0.15) is 44.1 Å². The van der Waals surface area contributed by atoms with Gasteiger partial charge < -0.3 is 5.32 Å². The predicted molar refractivity (Wildman–Crippen MR) is 92.3 cm³/mol. The molecule has 0 amide bonds. The number of fused-ring (bicyclic) bond motifs is 1. The van der Waals surface area contributed by atoms with E-state index < -0.39 is 0 Å². The zero-order valence-electron chi connectivity index (χ0n) is 13.0. The molecule has 1 unspecified atom stereocenters. The molecule has 2 fully saturated rings. The Hall–Kier alpha value is -1.31. The van der Waals surface area contributed by atoms with Gasteiger partial charge in [0.1, 0.15) is 0 Å². The molecule has 1 heterocycles. The van der Waals surface area contributed by atoms with Crippen molar-refractivity contribution >= 4 is 11.4 Å². The van der Waals surface area contributed by atoms with E-state index in [0.717, 1.165) is 6.42 Å². The lowest BCUT2D eigenvalue weighted by atomic mass is 9.86. The van der Waals surface area contributed by atoms with Gasteiger partial charge in [0.25, 0.3) is 0 Å². The Bertz CT molecular complexity index is 536. The third-order valence-corrected chi connectivity index (χ3v) is 4.97. The molecular weight excluding hydrogens is 268 g/mol. The highest BCUT2D eigenvalue weighted by molar-refractivity contribution is 6.07. The highest BCUT2D eigenvalue weighted by atomic mass is 15.0. The summed E-state index contributed by atoms with van der Waals surface area (Å²) in [5.41, 5.74) is 3.83. The van der Waals surface area contributed by atoms with E-state index in [-0.39, 0.29) is 0 Å². The first-order valence-electron chi connectivity index (χ1n) is 8.54. The monoisotopic (exact) mass is 291 g/mol. The molecule has 4 rings (SSSR count). The van der Waals surface area contributed by atoms with Crippen molar-refractivity contribution in [1.82, 2.24) is 0 Å². The minimum Gasteiger partial charge on any atom is -0.381 e. The summed E-state index contributed by atoms with van der Waals surface area (Å²) >= 11 is 0. The third kappa shape index (κ3) is 2.93. The quantitative estimate of drug-likeness (QED) is 0.858. The van der Waals surface area contributed by atoms with Crippen LogP contribution < -0.4 is 5.32 Å². The molecule has 0 bridgehead atoms. The van der Waals surface area contributed by atoms with Crippen molar-refractivity contribution in [3.05, 3.63) is 61.4 Å². The molecule has 1 atom stereocenters. The lowest BCUT2D eigenvalue weighted by Crippen LogP contribution is -2.35. The highest BCUT2D eigenvalue weighted by Gasteiger charge is 2.32. The van der Waals surface area contributed by atoms with Crippen molar-refractivity contribution < 1.29 is 0 Å². The first kappa shape index (κ1) is 14.3. The number of hydrogen-bond acceptors (Lipinski definition) is 2. The van der Waals surface area contributed by atoms with Gasteiger partial charge in [-0.25, -0.2) is 0 Å². The Morgan fingerprint density at radius 2 is 1.73 bits per heavy atom. The zero-order chi connectivity index (χ0) is 14.8. The molecule has 0 spiro atoms. The molecule has 1 aliphatic heterocycles. The Morgan fingerprint density at radius 3 is 2.55 bits per heavy atom. The van der Waals surface area contributed by atoms with Gasteiger partial charge in [-0.2, -0.15) is 0 Å². The van der Waals surface area contributed by atoms with Crippen LogP contribution in [-0.4, -0.2) is 17.8 Å². The van der Waals surface area contributed by atoms with Gasteiger partial charge in [0.2, 0.25) is 0 Å². The summed E-state index contributed by atoms with van der Waals surface area (Å²) in [5.74, 6) is 1.37. The second kappa shape index (κ2) is 6.44. The molecule has 2 aliphatic carbocycles. The van der Waals surface area contributed by atoms with E-state index in [1.807, 2.05) is 0 Å². The minimum atomic E-state index is 0.354. The molecule has 2 saturated carbocycles. The van der Waals surface area contributed by atoms with E-state index >= 15 is 0 Å². The van der Waals surface area contributed by atoms with Gasteiger partial charge in [-0.05, 0) is 44.6 Å². The standard InChI is InChI=1S/C20H23N2/c1-2-10-16(11-3-1)21-20-14-19(15-8-4-5-9-15)22-18-13-7-6-12-17(18)20/h4-9,12-13,16,19,22H,1-3,10-11,14H2. The minimum absolute atomic E-state index is 0.354. The molecule has 1 N–H and O–H groups in total. The molecule has 2 heteroatoms. The molecule has 1 aromatic carbocycles. The first-order valence-corrected chi connectivity index (χ1v) is 8.54. The van der Waals surface area contributed by atoms with Gasteiger partial charge in [0, 0.05) is 35.3 Å². The number of para-hydroxylation sites is 1. The molecular formula is C20H23N2. The van der Waals surface area contributed by atoms with E-state index in [0.29, 0.717) is 12.1 Å². The Labute approximate surface area is 134 Å². The van der Waals surface area contributed by atoms with Crippen LogP contribution in [0, 0.1) is 31.6 Å². The van der Waals surface area contributed by atoms with E-state index in [1.54, 1.807) is 0 Å². The summed E-state index contributed by atoms with van der Waals surface area (Å²) in [4.78, 5) is 5.17. The van der Waals surface area contributed by atoms with Gasteiger partial charge in [-0.15, -0.1) is 0 Å². The van der Waals surface area contributed by atoms with E-state index in [2.05, 4.69) is 55.3 Å². The fourth-order valence-electron chi connectivity index (χ4n) is 3.78. The Balaban J connectivity index is 1.61. The molecule has 3 aliphatic rings. The highest BCUT2D eigenvalue weighted by Crippen LogP contribution is 2.35. The summed E-state index contributed by atoms with van der Waals surface area (Å²) in [6.45, 7) is 0. The molecule has 113 valence electrons. The fraction of sp³-hybridized carbons (Fsp3) is 0.400. The molecule has 1 aromatic rings. The maximum Gasteiger partial charge on any atom is 0.0503 e. The second-order valence-corrected chi connectivity index (χ2v) is 6.53. The van der Waals surface area contributed by atoms with Crippen LogP contribution in [0.4, 0.5) is 5.69 Å². The fourth-order valence-corrected chi connectivity index (χ4v) is 3.78. The molecule has 2 nitrogen and oxygen atoms in total. The van der Waals surface area contributed by atoms with Crippen LogP contribution in [-0.2, 0) is 0 Å². The van der Waals surface area contributed by atoms with Crippen molar-refractivity contribution in [3.63, 3.8) is 0 Å². The normalized spacial score (nSPS) is 28.5. The summed E-state index contributed by atoms with van der Waals surface area (Å²) in [6.07, 6.45) is 16.3. The lowest BCUT2D eigenvalue weighted by molar-refractivity contribution is 0.442. The van der Waals surface area contributed by atoms with Crippen LogP contribution in [0.2, 0.25) is 0 Å². The largest absolute Gasteiger partial charge is 0.381 e. The zero-order valence-corrected chi connectivity index (χ0v) is 13.0. The van der Waals surface area contributed by atoms with Gasteiger partial charge in [-0.1, -0.05) is 37.5 Å². The third-order valence-electron chi connectivity index (χ3n) is 4.97. The summed E-state index contributed by atoms with van der Waals surface area (Å²) in [5, 5.41) is 3.69. The van der Waals surface area contributed by atoms with Crippen LogP contribution in [0.3, 0.4) is 0 Å². The predicted octanol–water partition coefficient (Wildman–Crippen LogP) is 4.40. The van der Waals surface area contributed by atoms with E-state index in [4.69, 9.17) is 4.99 Å². The average molecular weight is 291 g/mol. The van der Waals surface area contributed by atoms with Crippen molar-refractivity contribution in [1.29, 1.82) is 0 Å². The van der Waals surface area contributed by atoms with Crippen LogP contribution in [0.5, 0.6) is 0 Å². The average Bonchev–Trinajstić information content (AvgIpc) is 3.10. The number of nitrogens with one attached hydrogen (secondary N) is 1.